The van der Waals surface area contributed by atoms with E-state index in [2.05, 4.69) is 56.2 Å². The van der Waals surface area contributed by atoms with Crippen LogP contribution < -0.4 is 0 Å². The van der Waals surface area contributed by atoms with Crippen LogP contribution in [0.15, 0.2) is 65.4 Å². The van der Waals surface area contributed by atoms with Crippen LogP contribution >= 0.6 is 0 Å². The van der Waals surface area contributed by atoms with Gasteiger partial charge in [-0.25, -0.2) is 14.5 Å². The number of aromatic nitrogens is 4. The van der Waals surface area contributed by atoms with Crippen LogP contribution in [0.25, 0.3) is 11.3 Å². The molecule has 0 radical (unpaired) electrons. The molecule has 4 aromatic rings. The van der Waals surface area contributed by atoms with Crippen LogP contribution in [0.2, 0.25) is 0 Å². The van der Waals surface area contributed by atoms with Crippen LogP contribution in [0, 0.1) is 11.8 Å². The van der Waals surface area contributed by atoms with Gasteiger partial charge in [-0.2, -0.15) is 5.10 Å². The molecule has 1 aliphatic heterocycles. The minimum absolute atomic E-state index is 0.126. The first-order chi connectivity index (χ1) is 18.2. The summed E-state index contributed by atoms with van der Waals surface area (Å²) in [7, 11) is 0. The first-order valence-electron chi connectivity index (χ1n) is 12.2. The zero-order chi connectivity index (χ0) is 25.5. The Morgan fingerprint density at radius 2 is 1.70 bits per heavy atom. The smallest absolute Gasteiger partial charge is 0.376 e. The number of hydrogen-bond donors (Lipinski definition) is 0. The minimum atomic E-state index is -0.524. The molecule has 0 atom stereocenters. The van der Waals surface area contributed by atoms with E-state index in [4.69, 9.17) is 14.0 Å². The zero-order valence-corrected chi connectivity index (χ0v) is 20.6. The number of benzene rings is 2. The molecule has 3 heterocycles. The van der Waals surface area contributed by atoms with Crippen LogP contribution in [0.5, 0.6) is 0 Å². The van der Waals surface area contributed by atoms with Crippen LogP contribution in [-0.4, -0.2) is 63.7 Å². The largest absolute Gasteiger partial charge is 0.460 e. The van der Waals surface area contributed by atoms with Gasteiger partial charge in [-0.3, -0.25) is 4.90 Å². The molecular formula is C28H27N5O4. The topological polar surface area (TPSA) is 95.5 Å². The Labute approximate surface area is 215 Å². The molecule has 2 aromatic carbocycles. The molecule has 1 aliphatic rings. The van der Waals surface area contributed by atoms with E-state index in [-0.39, 0.29) is 19.0 Å². The van der Waals surface area contributed by atoms with Crippen molar-refractivity contribution in [2.75, 3.05) is 32.9 Å². The van der Waals surface area contributed by atoms with Crippen molar-refractivity contribution < 1.29 is 18.8 Å². The molecule has 0 bridgehead atoms. The lowest BCUT2D eigenvalue weighted by molar-refractivity contribution is 0.0342. The van der Waals surface area contributed by atoms with Gasteiger partial charge in [-0.05, 0) is 48.9 Å². The molecule has 0 unspecified atom stereocenters. The molecule has 37 heavy (non-hydrogen) atoms. The number of esters is 1. The van der Waals surface area contributed by atoms with E-state index < -0.39 is 5.97 Å². The average molecular weight is 498 g/mol. The highest BCUT2D eigenvalue weighted by molar-refractivity contribution is 5.85. The first-order valence-corrected chi connectivity index (χ1v) is 12.2. The lowest BCUT2D eigenvalue weighted by Crippen LogP contribution is -2.35. The van der Waals surface area contributed by atoms with Crippen LogP contribution in [0.4, 0.5) is 0 Å². The van der Waals surface area contributed by atoms with Crippen molar-refractivity contribution in [3.8, 4) is 23.2 Å². The van der Waals surface area contributed by atoms with Crippen molar-refractivity contribution in [2.45, 2.75) is 20.0 Å². The van der Waals surface area contributed by atoms with Crippen molar-refractivity contribution in [3.63, 3.8) is 0 Å². The average Bonchev–Trinajstić information content (AvgIpc) is 3.60. The van der Waals surface area contributed by atoms with Gasteiger partial charge in [0.25, 0.3) is 0 Å². The van der Waals surface area contributed by atoms with Gasteiger partial charge in [-0.1, -0.05) is 29.1 Å². The number of carbonyl (C=O) groups excluding carboxylic acids is 1. The maximum absolute atomic E-state index is 12.0. The quantitative estimate of drug-likeness (QED) is 0.283. The van der Waals surface area contributed by atoms with Gasteiger partial charge in [0.2, 0.25) is 5.82 Å². The van der Waals surface area contributed by atoms with Crippen molar-refractivity contribution >= 4 is 5.97 Å². The summed E-state index contributed by atoms with van der Waals surface area (Å²) in [6.45, 7) is 6.75. The Kier molecular flexibility index (Phi) is 7.69. The normalized spacial score (nSPS) is 13.6. The van der Waals surface area contributed by atoms with Gasteiger partial charge in [0.15, 0.2) is 5.76 Å². The molecule has 0 N–H and O–H groups in total. The standard InChI is InChI=1S/C28H27N5O4/c1-2-36-28(34)27-29-20-30-33(27)19-25-17-26(37-31-25)24-11-9-22(10-12-24)4-3-21-5-7-23(8-6-21)18-32-13-15-35-16-14-32/h5-12,17,20H,2,13-16,18-19H2,1H3. The molecule has 5 rings (SSSR count). The van der Waals surface area contributed by atoms with E-state index in [1.54, 1.807) is 6.92 Å². The van der Waals surface area contributed by atoms with Gasteiger partial charge in [0.1, 0.15) is 12.0 Å². The predicted molar refractivity (Wildman–Crippen MR) is 136 cm³/mol. The van der Waals surface area contributed by atoms with Crippen LogP contribution in [0.3, 0.4) is 0 Å². The Balaban J connectivity index is 1.20. The number of carbonyl (C=O) groups is 1. The Morgan fingerprint density at radius 1 is 1.00 bits per heavy atom. The number of ether oxygens (including phenoxy) is 2. The van der Waals surface area contributed by atoms with E-state index in [0.717, 1.165) is 49.5 Å². The highest BCUT2D eigenvalue weighted by Crippen LogP contribution is 2.21. The highest BCUT2D eigenvalue weighted by Gasteiger charge is 2.17. The van der Waals surface area contributed by atoms with Gasteiger partial charge in [0.05, 0.1) is 26.4 Å². The summed E-state index contributed by atoms with van der Waals surface area (Å²) in [4.78, 5) is 18.4. The van der Waals surface area contributed by atoms with Crippen molar-refractivity contribution in [1.82, 2.24) is 24.8 Å². The molecule has 0 aliphatic carbocycles. The van der Waals surface area contributed by atoms with Gasteiger partial charge < -0.3 is 14.0 Å². The Hall–Kier alpha value is -4.26. The SMILES string of the molecule is CCOC(=O)c1ncnn1Cc1cc(-c2ccc(C#Cc3ccc(CN4CCOCC4)cc3)cc2)on1. The maximum atomic E-state index is 12.0. The summed E-state index contributed by atoms with van der Waals surface area (Å²) in [6.07, 6.45) is 1.31. The molecule has 0 spiro atoms. The zero-order valence-electron chi connectivity index (χ0n) is 20.6. The van der Waals surface area contributed by atoms with Crippen LogP contribution in [0.1, 0.15) is 39.9 Å². The number of hydrogen-bond acceptors (Lipinski definition) is 8. The van der Waals surface area contributed by atoms with Gasteiger partial charge in [-0.15, -0.1) is 0 Å². The van der Waals surface area contributed by atoms with Crippen molar-refractivity contribution in [3.05, 3.63) is 89.1 Å². The minimum Gasteiger partial charge on any atom is -0.460 e. The fourth-order valence-corrected chi connectivity index (χ4v) is 3.98. The van der Waals surface area contributed by atoms with Gasteiger partial charge >= 0.3 is 5.97 Å². The highest BCUT2D eigenvalue weighted by atomic mass is 16.5. The van der Waals surface area contributed by atoms with Gasteiger partial charge in [0, 0.05) is 42.4 Å². The summed E-state index contributed by atoms with van der Waals surface area (Å²) in [5.41, 5.74) is 4.66. The summed E-state index contributed by atoms with van der Waals surface area (Å²) in [6, 6.07) is 18.0. The molecule has 188 valence electrons. The summed E-state index contributed by atoms with van der Waals surface area (Å²) in [5.74, 6) is 6.66. The summed E-state index contributed by atoms with van der Waals surface area (Å²) in [5, 5.41) is 8.19. The van der Waals surface area contributed by atoms with E-state index >= 15 is 0 Å². The lowest BCUT2D eigenvalue weighted by Gasteiger charge is -2.26. The molecule has 9 heteroatoms. The number of nitrogens with zero attached hydrogens (tertiary/aromatic N) is 5. The fraction of sp³-hybridized carbons (Fsp3) is 0.286. The van der Waals surface area contributed by atoms with E-state index in [1.807, 2.05) is 30.3 Å². The molecule has 9 nitrogen and oxygen atoms in total. The number of rotatable bonds is 7. The molecule has 2 aromatic heterocycles. The third-order valence-electron chi connectivity index (χ3n) is 5.93. The van der Waals surface area contributed by atoms with Crippen molar-refractivity contribution in [2.24, 2.45) is 0 Å². The summed E-state index contributed by atoms with van der Waals surface area (Å²) >= 11 is 0. The maximum Gasteiger partial charge on any atom is 0.376 e. The second-order valence-electron chi connectivity index (χ2n) is 8.56. The van der Waals surface area contributed by atoms with E-state index in [0.29, 0.717) is 11.5 Å². The van der Waals surface area contributed by atoms with E-state index in [9.17, 15) is 4.79 Å². The molecule has 0 amide bonds. The third-order valence-corrected chi connectivity index (χ3v) is 5.93. The monoisotopic (exact) mass is 497 g/mol. The van der Waals surface area contributed by atoms with E-state index in [1.165, 1.54) is 16.6 Å². The Morgan fingerprint density at radius 3 is 2.41 bits per heavy atom. The molecule has 0 saturated carbocycles. The predicted octanol–water partition coefficient (Wildman–Crippen LogP) is 3.39. The molecule has 1 fully saturated rings. The second-order valence-corrected chi connectivity index (χ2v) is 8.56. The fourth-order valence-electron chi connectivity index (χ4n) is 3.98. The number of morpholine rings is 1. The van der Waals surface area contributed by atoms with Crippen LogP contribution in [-0.2, 0) is 22.6 Å². The molecule has 1 saturated heterocycles. The lowest BCUT2D eigenvalue weighted by atomic mass is 10.1. The Bertz CT molecular complexity index is 1390. The summed E-state index contributed by atoms with van der Waals surface area (Å²) < 4.78 is 17.4. The molecular weight excluding hydrogens is 470 g/mol. The second kappa shape index (κ2) is 11.6. The first kappa shape index (κ1) is 24.4. The van der Waals surface area contributed by atoms with Crippen molar-refractivity contribution in [1.29, 1.82) is 0 Å². The third kappa shape index (κ3) is 6.30.